The summed E-state index contributed by atoms with van der Waals surface area (Å²) in [5, 5.41) is 4.70. The molecule has 0 bridgehead atoms. The van der Waals surface area contributed by atoms with E-state index in [9.17, 15) is 22.8 Å². The molecule has 0 aliphatic carbocycles. The number of likely N-dealkylation sites (tertiary alicyclic amines) is 1. The summed E-state index contributed by atoms with van der Waals surface area (Å²) in [6.45, 7) is -0.530. The summed E-state index contributed by atoms with van der Waals surface area (Å²) in [5.41, 5.74) is 0. The fourth-order valence-corrected chi connectivity index (χ4v) is 2.08. The molecule has 1 aliphatic heterocycles. The SMILES string of the molecule is COCC(=O)N1CCC(NC(=O)CNCC(F)(F)F)CC1. The molecule has 0 aromatic carbocycles. The third-order valence-electron chi connectivity index (χ3n) is 3.09. The molecule has 0 aromatic rings. The molecule has 1 aliphatic rings. The number of nitrogens with one attached hydrogen (secondary N) is 2. The van der Waals surface area contributed by atoms with Gasteiger partial charge in [-0.25, -0.2) is 0 Å². The lowest BCUT2D eigenvalue weighted by atomic mass is 10.0. The molecule has 0 aromatic heterocycles. The number of nitrogens with zero attached hydrogens (tertiary/aromatic N) is 1. The Morgan fingerprint density at radius 3 is 2.43 bits per heavy atom. The van der Waals surface area contributed by atoms with Crippen molar-refractivity contribution >= 4 is 11.8 Å². The van der Waals surface area contributed by atoms with Gasteiger partial charge in [-0.3, -0.25) is 9.59 Å². The highest BCUT2D eigenvalue weighted by molar-refractivity contribution is 5.79. The fourth-order valence-electron chi connectivity index (χ4n) is 2.08. The number of rotatable bonds is 6. The maximum absolute atomic E-state index is 11.9. The predicted octanol–water partition coefficient (Wildman–Crippen LogP) is -0.108. The van der Waals surface area contributed by atoms with E-state index in [1.165, 1.54) is 7.11 Å². The van der Waals surface area contributed by atoms with Crippen LogP contribution in [0.15, 0.2) is 0 Å². The van der Waals surface area contributed by atoms with Crippen LogP contribution in [0.2, 0.25) is 0 Å². The summed E-state index contributed by atoms with van der Waals surface area (Å²) in [5.74, 6) is -0.574. The van der Waals surface area contributed by atoms with Gasteiger partial charge in [-0.1, -0.05) is 0 Å². The Morgan fingerprint density at radius 1 is 1.29 bits per heavy atom. The van der Waals surface area contributed by atoms with Gasteiger partial charge in [0.25, 0.3) is 0 Å². The van der Waals surface area contributed by atoms with Crippen molar-refractivity contribution in [1.29, 1.82) is 0 Å². The zero-order chi connectivity index (χ0) is 15.9. The van der Waals surface area contributed by atoms with Gasteiger partial charge in [-0.15, -0.1) is 0 Å². The van der Waals surface area contributed by atoms with Gasteiger partial charge in [0.2, 0.25) is 11.8 Å². The fraction of sp³-hybridized carbons (Fsp3) is 0.833. The maximum atomic E-state index is 11.9. The number of amides is 2. The van der Waals surface area contributed by atoms with E-state index in [-0.39, 0.29) is 25.1 Å². The Morgan fingerprint density at radius 2 is 1.90 bits per heavy atom. The van der Waals surface area contributed by atoms with Crippen LogP contribution in [0.1, 0.15) is 12.8 Å². The Kier molecular flexibility index (Phi) is 6.90. The lowest BCUT2D eigenvalue weighted by Crippen LogP contribution is -2.49. The highest BCUT2D eigenvalue weighted by Gasteiger charge is 2.27. The number of piperidine rings is 1. The van der Waals surface area contributed by atoms with Crippen molar-refractivity contribution < 1.29 is 27.5 Å². The minimum atomic E-state index is -4.33. The Hall–Kier alpha value is -1.35. The first-order valence-electron chi connectivity index (χ1n) is 6.65. The number of methoxy groups -OCH3 is 1. The highest BCUT2D eigenvalue weighted by atomic mass is 19.4. The number of alkyl halides is 3. The molecule has 0 atom stereocenters. The van der Waals surface area contributed by atoms with Crippen molar-refractivity contribution in [3.05, 3.63) is 0 Å². The molecule has 9 heteroatoms. The monoisotopic (exact) mass is 311 g/mol. The second kappa shape index (κ2) is 8.18. The van der Waals surface area contributed by atoms with Crippen molar-refractivity contribution in [3.63, 3.8) is 0 Å². The summed E-state index contributed by atoms with van der Waals surface area (Å²) < 4.78 is 40.5. The Balaban J connectivity index is 2.20. The summed E-state index contributed by atoms with van der Waals surface area (Å²) in [6.07, 6.45) is -3.16. The summed E-state index contributed by atoms with van der Waals surface area (Å²) in [7, 11) is 1.44. The molecular formula is C12H20F3N3O3. The van der Waals surface area contributed by atoms with Crippen LogP contribution in [-0.2, 0) is 14.3 Å². The van der Waals surface area contributed by atoms with E-state index < -0.39 is 18.6 Å². The third kappa shape index (κ3) is 7.28. The molecule has 1 fully saturated rings. The molecule has 0 radical (unpaired) electrons. The number of ether oxygens (including phenoxy) is 1. The van der Waals surface area contributed by atoms with E-state index in [1.807, 2.05) is 5.32 Å². The number of hydrogen-bond acceptors (Lipinski definition) is 4. The average molecular weight is 311 g/mol. The molecule has 0 saturated carbocycles. The van der Waals surface area contributed by atoms with Gasteiger partial charge in [-0.05, 0) is 12.8 Å². The topological polar surface area (TPSA) is 70.7 Å². The molecule has 0 spiro atoms. The summed E-state index contributed by atoms with van der Waals surface area (Å²) in [6, 6.07) is -0.114. The number of carbonyl (C=O) groups excluding carboxylic acids is 2. The number of hydrogen-bond donors (Lipinski definition) is 2. The average Bonchev–Trinajstić information content (AvgIpc) is 2.38. The largest absolute Gasteiger partial charge is 0.401 e. The van der Waals surface area contributed by atoms with Crippen LogP contribution in [-0.4, -0.2) is 68.8 Å². The molecule has 6 nitrogen and oxygen atoms in total. The van der Waals surface area contributed by atoms with Crippen molar-refractivity contribution in [3.8, 4) is 0 Å². The molecule has 0 unspecified atom stereocenters. The first-order chi connectivity index (χ1) is 9.81. The summed E-state index contributed by atoms with van der Waals surface area (Å²) >= 11 is 0. The molecule has 122 valence electrons. The Bertz CT molecular complexity index is 355. The standard InChI is InChI=1S/C12H20F3N3O3/c1-21-7-11(20)18-4-2-9(3-5-18)17-10(19)6-16-8-12(13,14)15/h9,16H,2-8H2,1H3,(H,17,19). The number of carbonyl (C=O) groups is 2. The highest BCUT2D eigenvalue weighted by Crippen LogP contribution is 2.12. The van der Waals surface area contributed by atoms with Crippen molar-refractivity contribution in [2.45, 2.75) is 25.1 Å². The van der Waals surface area contributed by atoms with Crippen molar-refractivity contribution in [2.75, 3.05) is 39.9 Å². The minimum Gasteiger partial charge on any atom is -0.375 e. The smallest absolute Gasteiger partial charge is 0.375 e. The Labute approximate surface area is 121 Å². The zero-order valence-electron chi connectivity index (χ0n) is 11.8. The summed E-state index contributed by atoms with van der Waals surface area (Å²) in [4.78, 5) is 24.7. The van der Waals surface area contributed by atoms with Crippen LogP contribution in [0.5, 0.6) is 0 Å². The van der Waals surface area contributed by atoms with Crippen molar-refractivity contribution in [1.82, 2.24) is 15.5 Å². The van der Waals surface area contributed by atoms with Gasteiger partial charge in [-0.2, -0.15) is 13.2 Å². The van der Waals surface area contributed by atoms with Crippen LogP contribution in [0.4, 0.5) is 13.2 Å². The van der Waals surface area contributed by atoms with E-state index in [0.29, 0.717) is 25.9 Å². The molecule has 2 amide bonds. The van der Waals surface area contributed by atoms with Gasteiger partial charge >= 0.3 is 6.18 Å². The van der Waals surface area contributed by atoms with E-state index in [1.54, 1.807) is 4.90 Å². The molecule has 2 N–H and O–H groups in total. The lowest BCUT2D eigenvalue weighted by molar-refractivity contribution is -0.136. The molecular weight excluding hydrogens is 291 g/mol. The lowest BCUT2D eigenvalue weighted by Gasteiger charge is -2.32. The zero-order valence-corrected chi connectivity index (χ0v) is 11.8. The van der Waals surface area contributed by atoms with Gasteiger partial charge in [0.15, 0.2) is 0 Å². The van der Waals surface area contributed by atoms with E-state index in [0.717, 1.165) is 0 Å². The maximum Gasteiger partial charge on any atom is 0.401 e. The van der Waals surface area contributed by atoms with Crippen LogP contribution in [0.25, 0.3) is 0 Å². The first-order valence-corrected chi connectivity index (χ1v) is 6.65. The van der Waals surface area contributed by atoms with Gasteiger partial charge in [0, 0.05) is 26.2 Å². The predicted molar refractivity (Wildman–Crippen MR) is 68.5 cm³/mol. The minimum absolute atomic E-state index is 0.0262. The molecule has 1 rings (SSSR count). The number of halogens is 3. The van der Waals surface area contributed by atoms with Crippen LogP contribution in [0.3, 0.4) is 0 Å². The second-order valence-electron chi connectivity index (χ2n) is 4.87. The van der Waals surface area contributed by atoms with Crippen LogP contribution < -0.4 is 10.6 Å². The van der Waals surface area contributed by atoms with E-state index in [2.05, 4.69) is 5.32 Å². The van der Waals surface area contributed by atoms with Gasteiger partial charge < -0.3 is 20.3 Å². The van der Waals surface area contributed by atoms with E-state index in [4.69, 9.17) is 4.74 Å². The van der Waals surface area contributed by atoms with E-state index >= 15 is 0 Å². The molecule has 21 heavy (non-hydrogen) atoms. The first kappa shape index (κ1) is 17.7. The normalized spacial score (nSPS) is 16.9. The van der Waals surface area contributed by atoms with Gasteiger partial charge in [0.1, 0.15) is 6.61 Å². The second-order valence-corrected chi connectivity index (χ2v) is 4.87. The molecule has 1 saturated heterocycles. The van der Waals surface area contributed by atoms with Crippen LogP contribution in [0, 0.1) is 0 Å². The van der Waals surface area contributed by atoms with Gasteiger partial charge in [0.05, 0.1) is 13.1 Å². The van der Waals surface area contributed by atoms with Crippen molar-refractivity contribution in [2.24, 2.45) is 0 Å². The molecule has 1 heterocycles. The quantitative estimate of drug-likeness (QED) is 0.718. The van der Waals surface area contributed by atoms with Crippen LogP contribution >= 0.6 is 0 Å². The third-order valence-corrected chi connectivity index (χ3v) is 3.09.